The molecule has 3 heterocycles. The van der Waals surface area contributed by atoms with E-state index in [1.54, 1.807) is 23.1 Å². The van der Waals surface area contributed by atoms with E-state index in [0.717, 1.165) is 45.9 Å². The van der Waals surface area contributed by atoms with E-state index in [-0.39, 0.29) is 5.91 Å². The third kappa shape index (κ3) is 3.78. The molecule has 5 rings (SSSR count). The van der Waals surface area contributed by atoms with Gasteiger partial charge in [0.05, 0.1) is 18.7 Å². The number of rotatable bonds is 5. The summed E-state index contributed by atoms with van der Waals surface area (Å²) in [5.74, 6) is -0.0155. The molecule has 30 heavy (non-hydrogen) atoms. The molecule has 0 unspecified atom stereocenters. The first-order valence-corrected chi connectivity index (χ1v) is 11.5. The van der Waals surface area contributed by atoms with Crippen molar-refractivity contribution in [3.05, 3.63) is 70.6 Å². The molecular formula is C23H20N4OS2. The number of fused-ring (bicyclic) bond motifs is 1. The van der Waals surface area contributed by atoms with Gasteiger partial charge in [0.25, 0.3) is 0 Å². The lowest BCUT2D eigenvalue weighted by Crippen LogP contribution is -2.24. The lowest BCUT2D eigenvalue weighted by Gasteiger charge is -2.16. The molecular weight excluding hydrogens is 412 g/mol. The molecule has 2 aromatic carbocycles. The minimum absolute atomic E-state index is 0.0155. The monoisotopic (exact) mass is 432 g/mol. The van der Waals surface area contributed by atoms with Crippen LogP contribution in [0.15, 0.2) is 70.0 Å². The molecule has 0 fully saturated rings. The fourth-order valence-electron chi connectivity index (χ4n) is 3.55. The summed E-state index contributed by atoms with van der Waals surface area (Å²) in [6.45, 7) is 3.78. The van der Waals surface area contributed by atoms with Crippen molar-refractivity contribution in [2.24, 2.45) is 4.99 Å². The van der Waals surface area contributed by atoms with Crippen molar-refractivity contribution < 1.29 is 4.79 Å². The van der Waals surface area contributed by atoms with Gasteiger partial charge in [0.2, 0.25) is 5.91 Å². The minimum atomic E-state index is -0.0155. The molecule has 2 aliphatic rings. The lowest BCUT2D eigenvalue weighted by atomic mass is 10.1. The maximum absolute atomic E-state index is 12.5. The molecule has 0 saturated carbocycles. The van der Waals surface area contributed by atoms with E-state index in [4.69, 9.17) is 4.98 Å². The van der Waals surface area contributed by atoms with E-state index in [2.05, 4.69) is 39.6 Å². The zero-order valence-electron chi connectivity index (χ0n) is 16.5. The van der Waals surface area contributed by atoms with Gasteiger partial charge in [0.15, 0.2) is 5.17 Å². The van der Waals surface area contributed by atoms with Gasteiger partial charge in [-0.25, -0.2) is 4.98 Å². The van der Waals surface area contributed by atoms with Crippen LogP contribution < -0.4 is 5.32 Å². The molecule has 1 aromatic heterocycles. The van der Waals surface area contributed by atoms with Gasteiger partial charge in [-0.1, -0.05) is 48.2 Å². The van der Waals surface area contributed by atoms with Crippen molar-refractivity contribution in [2.75, 3.05) is 18.4 Å². The van der Waals surface area contributed by atoms with Crippen LogP contribution in [0.2, 0.25) is 0 Å². The van der Waals surface area contributed by atoms with Crippen molar-refractivity contribution in [2.45, 2.75) is 13.3 Å². The minimum Gasteiger partial charge on any atom is -0.326 e. The second-order valence-corrected chi connectivity index (χ2v) is 8.89. The largest absolute Gasteiger partial charge is 0.326 e. The zero-order chi connectivity index (χ0) is 20.5. The molecule has 5 nitrogen and oxygen atoms in total. The quantitative estimate of drug-likeness (QED) is 0.589. The first kappa shape index (κ1) is 19.1. The number of carbonyl (C=O) groups is 1. The number of hydrogen-bond donors (Lipinski definition) is 1. The van der Waals surface area contributed by atoms with Gasteiger partial charge >= 0.3 is 0 Å². The summed E-state index contributed by atoms with van der Waals surface area (Å²) in [6, 6.07) is 16.2. The number of nitrogens with zero attached hydrogens (tertiary/aromatic N) is 3. The average molecular weight is 433 g/mol. The predicted octanol–water partition coefficient (Wildman–Crippen LogP) is 5.37. The van der Waals surface area contributed by atoms with Crippen LogP contribution in [0.1, 0.15) is 12.0 Å². The number of hydrogen-bond acceptors (Lipinski definition) is 6. The van der Waals surface area contributed by atoms with Crippen LogP contribution in [0.4, 0.5) is 5.69 Å². The maximum atomic E-state index is 12.5. The van der Waals surface area contributed by atoms with Crippen molar-refractivity contribution in [3.8, 4) is 21.8 Å². The van der Waals surface area contributed by atoms with Gasteiger partial charge in [-0.2, -0.15) is 0 Å². The van der Waals surface area contributed by atoms with Gasteiger partial charge in [0, 0.05) is 34.4 Å². The number of nitrogens with one attached hydrogen (secondary N) is 1. The van der Waals surface area contributed by atoms with Gasteiger partial charge in [-0.3, -0.25) is 9.79 Å². The first-order valence-electron chi connectivity index (χ1n) is 9.77. The highest BCUT2D eigenvalue weighted by atomic mass is 32.2. The van der Waals surface area contributed by atoms with E-state index in [0.29, 0.717) is 6.42 Å². The molecule has 0 atom stereocenters. The predicted molar refractivity (Wildman–Crippen MR) is 126 cm³/mol. The van der Waals surface area contributed by atoms with Crippen LogP contribution in [-0.2, 0) is 4.79 Å². The van der Waals surface area contributed by atoms with Gasteiger partial charge in [0.1, 0.15) is 5.01 Å². The number of aryl methyl sites for hydroxylation is 1. The fraction of sp³-hybridized carbons (Fsp3) is 0.174. The standard InChI is InChI=1S/C23H20N4OS2/c1-15-4-2-3-5-19(15)22-26-20(14-29-22)16-6-8-17(9-7-16)25-21(28)12-18-13-30-23-24-10-11-27(18)23/h2-9,13-14H,10-12H2,1H3,(H,25,28). The summed E-state index contributed by atoms with van der Waals surface area (Å²) < 4.78 is 0. The Morgan fingerprint density at radius 2 is 2.00 bits per heavy atom. The number of aliphatic imine (C=N–C) groups is 1. The molecule has 0 saturated heterocycles. The Balaban J connectivity index is 1.24. The number of amidine groups is 1. The van der Waals surface area contributed by atoms with Crippen LogP contribution in [0, 0.1) is 6.92 Å². The van der Waals surface area contributed by atoms with Crippen molar-refractivity contribution in [1.29, 1.82) is 0 Å². The normalized spacial score (nSPS) is 15.0. The third-order valence-corrected chi connectivity index (χ3v) is 6.96. The number of aromatic nitrogens is 1. The summed E-state index contributed by atoms with van der Waals surface area (Å²) in [4.78, 5) is 23.8. The Morgan fingerprint density at radius 1 is 1.17 bits per heavy atom. The van der Waals surface area contributed by atoms with Crippen molar-refractivity contribution in [1.82, 2.24) is 9.88 Å². The van der Waals surface area contributed by atoms with Crippen LogP contribution in [0.3, 0.4) is 0 Å². The Kier molecular flexibility index (Phi) is 5.14. The highest BCUT2D eigenvalue weighted by Gasteiger charge is 2.27. The van der Waals surface area contributed by atoms with Gasteiger partial charge in [-0.05, 0) is 30.0 Å². The van der Waals surface area contributed by atoms with Crippen molar-refractivity contribution >= 4 is 39.9 Å². The Labute approximate surface area is 183 Å². The molecule has 150 valence electrons. The molecule has 0 radical (unpaired) electrons. The number of thiazole rings is 1. The molecule has 1 N–H and O–H groups in total. The topological polar surface area (TPSA) is 57.6 Å². The molecule has 2 aliphatic heterocycles. The van der Waals surface area contributed by atoms with Crippen LogP contribution in [-0.4, -0.2) is 34.0 Å². The third-order valence-electron chi connectivity index (χ3n) is 5.13. The SMILES string of the molecule is Cc1ccccc1-c1nc(-c2ccc(NC(=O)CC3=CSC4=NCCN34)cc2)cs1. The summed E-state index contributed by atoms with van der Waals surface area (Å²) in [5.41, 5.74) is 6.20. The van der Waals surface area contributed by atoms with E-state index in [1.807, 2.05) is 41.8 Å². The molecule has 0 spiro atoms. The Morgan fingerprint density at radius 3 is 2.83 bits per heavy atom. The van der Waals surface area contributed by atoms with Crippen LogP contribution in [0.5, 0.6) is 0 Å². The smallest absolute Gasteiger partial charge is 0.230 e. The first-order chi connectivity index (χ1) is 14.7. The molecule has 0 bridgehead atoms. The highest BCUT2D eigenvalue weighted by molar-refractivity contribution is 8.16. The summed E-state index contributed by atoms with van der Waals surface area (Å²) >= 11 is 3.25. The molecule has 1 amide bonds. The number of thioether (sulfide) groups is 1. The number of amides is 1. The summed E-state index contributed by atoms with van der Waals surface area (Å²) in [5, 5.41) is 9.12. The van der Waals surface area contributed by atoms with E-state index < -0.39 is 0 Å². The van der Waals surface area contributed by atoms with E-state index in [9.17, 15) is 4.79 Å². The molecule has 3 aromatic rings. The second-order valence-electron chi connectivity index (χ2n) is 7.20. The summed E-state index contributed by atoms with van der Waals surface area (Å²) in [7, 11) is 0. The van der Waals surface area contributed by atoms with Gasteiger partial charge < -0.3 is 10.2 Å². The average Bonchev–Trinajstić information content (AvgIpc) is 3.48. The van der Waals surface area contributed by atoms with Crippen molar-refractivity contribution in [3.63, 3.8) is 0 Å². The van der Waals surface area contributed by atoms with Gasteiger partial charge in [-0.15, -0.1) is 11.3 Å². The number of carbonyl (C=O) groups excluding carboxylic acids is 1. The van der Waals surface area contributed by atoms with Crippen LogP contribution in [0.25, 0.3) is 21.8 Å². The van der Waals surface area contributed by atoms with Crippen LogP contribution >= 0.6 is 23.1 Å². The van der Waals surface area contributed by atoms with E-state index >= 15 is 0 Å². The van der Waals surface area contributed by atoms with E-state index in [1.165, 1.54) is 11.1 Å². The Hall–Kier alpha value is -2.90. The highest BCUT2D eigenvalue weighted by Crippen LogP contribution is 2.32. The Bertz CT molecular complexity index is 1160. The fourth-order valence-corrected chi connectivity index (χ4v) is 5.43. The molecule has 0 aliphatic carbocycles. The number of anilines is 1. The summed E-state index contributed by atoms with van der Waals surface area (Å²) in [6.07, 6.45) is 0.361. The molecule has 7 heteroatoms. The second kappa shape index (κ2) is 8.08. The zero-order valence-corrected chi connectivity index (χ0v) is 18.1. The maximum Gasteiger partial charge on any atom is 0.230 e. The number of benzene rings is 2. The lowest BCUT2D eigenvalue weighted by molar-refractivity contribution is -0.115.